The van der Waals surface area contributed by atoms with Gasteiger partial charge in [0.05, 0.1) is 33.9 Å². The molecule has 0 N–H and O–H groups in total. The summed E-state index contributed by atoms with van der Waals surface area (Å²) in [6.45, 7) is 1.81. The van der Waals surface area contributed by atoms with Crippen LogP contribution in [-0.2, 0) is 22.0 Å². The van der Waals surface area contributed by atoms with Crippen molar-refractivity contribution >= 4 is 20.9 Å². The van der Waals surface area contributed by atoms with Gasteiger partial charge in [-0.1, -0.05) is 42.5 Å². The number of benzene rings is 2. The van der Waals surface area contributed by atoms with E-state index in [1.807, 2.05) is 61.5 Å². The number of nitrogens with zero attached hydrogens (tertiary/aromatic N) is 2. The molecule has 118 valence electrons. The average molecular weight is 326 g/mol. The fourth-order valence-electron chi connectivity index (χ4n) is 2.46. The van der Waals surface area contributed by atoms with Gasteiger partial charge >= 0.3 is 0 Å². The van der Waals surface area contributed by atoms with Crippen molar-refractivity contribution in [1.29, 1.82) is 0 Å². The lowest BCUT2D eigenvalue weighted by atomic mass is 10.2. The largest absolute Gasteiger partial charge is 0.250 e. The van der Waals surface area contributed by atoms with Crippen LogP contribution in [0.25, 0.3) is 11.0 Å². The molecule has 4 nitrogen and oxygen atoms in total. The highest BCUT2D eigenvalue weighted by Gasteiger charge is 2.16. The van der Waals surface area contributed by atoms with E-state index in [1.54, 1.807) is 0 Å². The second-order valence-electron chi connectivity index (χ2n) is 5.57. The van der Waals surface area contributed by atoms with Crippen LogP contribution in [0.2, 0.25) is 0 Å². The summed E-state index contributed by atoms with van der Waals surface area (Å²) < 4.78 is 24.8. The Balaban J connectivity index is 1.78. The fraction of sp³-hybridized carbons (Fsp3) is 0.222. The van der Waals surface area contributed by atoms with Crippen molar-refractivity contribution in [3.05, 3.63) is 71.5 Å². The molecule has 1 aromatic heterocycles. The van der Waals surface area contributed by atoms with Gasteiger partial charge in [0.15, 0.2) is 9.84 Å². The van der Waals surface area contributed by atoms with Crippen LogP contribution in [0, 0.1) is 6.92 Å². The molecule has 0 amide bonds. The molecule has 0 atom stereocenters. The van der Waals surface area contributed by atoms with Gasteiger partial charge in [0.1, 0.15) is 0 Å². The molecule has 0 fully saturated rings. The maximum absolute atomic E-state index is 12.4. The quantitative estimate of drug-likeness (QED) is 0.723. The predicted molar refractivity (Wildman–Crippen MR) is 91.9 cm³/mol. The first-order valence-corrected chi connectivity index (χ1v) is 9.32. The molecule has 0 unspecified atom stereocenters. The predicted octanol–water partition coefficient (Wildman–Crippen LogP) is 3.10. The van der Waals surface area contributed by atoms with Crippen molar-refractivity contribution < 1.29 is 8.42 Å². The van der Waals surface area contributed by atoms with E-state index in [1.165, 1.54) is 0 Å². The smallest absolute Gasteiger partial charge is 0.156 e. The van der Waals surface area contributed by atoms with Gasteiger partial charge in [-0.15, -0.1) is 0 Å². The second-order valence-corrected chi connectivity index (χ2v) is 7.76. The minimum atomic E-state index is -3.23. The monoisotopic (exact) mass is 326 g/mol. The van der Waals surface area contributed by atoms with E-state index in [2.05, 4.69) is 9.97 Å². The first kappa shape index (κ1) is 15.6. The molecule has 1 heterocycles. The molecule has 0 saturated carbocycles. The topological polar surface area (TPSA) is 59.9 Å². The number of hydrogen-bond donors (Lipinski definition) is 0. The Morgan fingerprint density at radius 3 is 2.17 bits per heavy atom. The number of aryl methyl sites for hydroxylation is 2. The normalized spacial score (nSPS) is 11.7. The summed E-state index contributed by atoms with van der Waals surface area (Å²) in [5.41, 5.74) is 3.75. The van der Waals surface area contributed by atoms with Crippen LogP contribution in [0.5, 0.6) is 0 Å². The molecule has 0 aliphatic heterocycles. The molecule has 0 spiro atoms. The van der Waals surface area contributed by atoms with Crippen LogP contribution in [0.15, 0.2) is 54.6 Å². The summed E-state index contributed by atoms with van der Waals surface area (Å²) >= 11 is 0. The van der Waals surface area contributed by atoms with Crippen LogP contribution >= 0.6 is 0 Å². The van der Waals surface area contributed by atoms with Gasteiger partial charge < -0.3 is 0 Å². The number of aromatic nitrogens is 2. The van der Waals surface area contributed by atoms with Crippen LogP contribution in [0.1, 0.15) is 17.0 Å². The third-order valence-electron chi connectivity index (χ3n) is 3.74. The van der Waals surface area contributed by atoms with E-state index in [0.29, 0.717) is 17.8 Å². The Labute approximate surface area is 136 Å². The summed E-state index contributed by atoms with van der Waals surface area (Å²) in [6, 6.07) is 17.1. The third kappa shape index (κ3) is 3.93. The van der Waals surface area contributed by atoms with Crippen molar-refractivity contribution in [1.82, 2.24) is 9.97 Å². The Morgan fingerprint density at radius 1 is 0.870 bits per heavy atom. The highest BCUT2D eigenvalue weighted by atomic mass is 32.2. The standard InChI is InChI=1S/C18H18N2O2S/c1-14-18(20-17-10-6-5-9-16(17)19-14)13-23(21,22)12-11-15-7-3-2-4-8-15/h2-10H,11-13H2,1H3. The number of para-hydroxylation sites is 2. The highest BCUT2D eigenvalue weighted by molar-refractivity contribution is 7.90. The SMILES string of the molecule is Cc1nc2ccccc2nc1CS(=O)(=O)CCc1ccccc1. The summed E-state index contributed by atoms with van der Waals surface area (Å²) in [6.07, 6.45) is 0.517. The molecule has 0 aliphatic rings. The average Bonchev–Trinajstić information content (AvgIpc) is 2.55. The van der Waals surface area contributed by atoms with Crippen LogP contribution in [0.3, 0.4) is 0 Å². The van der Waals surface area contributed by atoms with Gasteiger partial charge in [-0.05, 0) is 31.0 Å². The lowest BCUT2D eigenvalue weighted by Gasteiger charge is -2.08. The molecular weight excluding hydrogens is 308 g/mol. The summed E-state index contributed by atoms with van der Waals surface area (Å²) in [5.74, 6) is 0.0501. The maximum atomic E-state index is 12.4. The zero-order valence-corrected chi connectivity index (χ0v) is 13.8. The van der Waals surface area contributed by atoms with Crippen molar-refractivity contribution in [3.63, 3.8) is 0 Å². The Bertz CT molecular complexity index is 922. The van der Waals surface area contributed by atoms with Gasteiger partial charge in [-0.3, -0.25) is 0 Å². The van der Waals surface area contributed by atoms with Crippen LogP contribution in [-0.4, -0.2) is 24.1 Å². The van der Waals surface area contributed by atoms with Gasteiger partial charge in [0, 0.05) is 0 Å². The number of hydrogen-bond acceptors (Lipinski definition) is 4. The van der Waals surface area contributed by atoms with Crippen molar-refractivity contribution in [2.45, 2.75) is 19.1 Å². The molecule has 0 saturated heterocycles. The van der Waals surface area contributed by atoms with Crippen molar-refractivity contribution in [2.24, 2.45) is 0 Å². The summed E-state index contributed by atoms with van der Waals surface area (Å²) in [7, 11) is -3.23. The lowest BCUT2D eigenvalue weighted by Crippen LogP contribution is -2.14. The van der Waals surface area contributed by atoms with E-state index < -0.39 is 9.84 Å². The van der Waals surface area contributed by atoms with Crippen LogP contribution < -0.4 is 0 Å². The highest BCUT2D eigenvalue weighted by Crippen LogP contribution is 2.15. The Morgan fingerprint density at radius 2 is 1.48 bits per heavy atom. The molecule has 3 rings (SSSR count). The van der Waals surface area contributed by atoms with Gasteiger partial charge in [0.2, 0.25) is 0 Å². The minimum absolute atomic E-state index is 0.0660. The molecule has 3 aromatic rings. The minimum Gasteiger partial charge on any atom is -0.250 e. The summed E-state index contributed by atoms with van der Waals surface area (Å²) in [4.78, 5) is 8.92. The molecule has 2 aromatic carbocycles. The van der Waals surface area contributed by atoms with Gasteiger partial charge in [-0.2, -0.15) is 0 Å². The lowest BCUT2D eigenvalue weighted by molar-refractivity contribution is 0.593. The number of rotatable bonds is 5. The Kier molecular flexibility index (Phi) is 4.39. The van der Waals surface area contributed by atoms with Crippen molar-refractivity contribution in [2.75, 3.05) is 5.75 Å². The van der Waals surface area contributed by atoms with Crippen LogP contribution in [0.4, 0.5) is 0 Å². The number of fused-ring (bicyclic) bond motifs is 1. The second kappa shape index (κ2) is 6.46. The molecule has 0 radical (unpaired) electrons. The third-order valence-corrected chi connectivity index (χ3v) is 5.28. The molecule has 0 bridgehead atoms. The van der Waals surface area contributed by atoms with E-state index in [-0.39, 0.29) is 11.5 Å². The van der Waals surface area contributed by atoms with Gasteiger partial charge in [-0.25, -0.2) is 18.4 Å². The molecule has 0 aliphatic carbocycles. The first-order chi connectivity index (χ1) is 11.0. The first-order valence-electron chi connectivity index (χ1n) is 7.50. The Hall–Kier alpha value is -2.27. The van der Waals surface area contributed by atoms with E-state index in [4.69, 9.17) is 0 Å². The number of sulfone groups is 1. The molecule has 23 heavy (non-hydrogen) atoms. The van der Waals surface area contributed by atoms with E-state index in [0.717, 1.165) is 16.6 Å². The maximum Gasteiger partial charge on any atom is 0.156 e. The van der Waals surface area contributed by atoms with Crippen molar-refractivity contribution in [3.8, 4) is 0 Å². The zero-order chi connectivity index (χ0) is 16.3. The fourth-order valence-corrected chi connectivity index (χ4v) is 3.84. The van der Waals surface area contributed by atoms with E-state index >= 15 is 0 Å². The summed E-state index contributed by atoms with van der Waals surface area (Å²) in [5, 5.41) is 0. The molecular formula is C18H18N2O2S. The van der Waals surface area contributed by atoms with E-state index in [9.17, 15) is 8.42 Å². The molecule has 5 heteroatoms. The van der Waals surface area contributed by atoms with Gasteiger partial charge in [0.25, 0.3) is 0 Å². The zero-order valence-electron chi connectivity index (χ0n) is 12.9.